The minimum atomic E-state index is -3.36. The third-order valence-corrected chi connectivity index (χ3v) is 8.97. The van der Waals surface area contributed by atoms with E-state index in [9.17, 15) is 8.42 Å². The smallest absolute Gasteiger partial charge is 0.243 e. The van der Waals surface area contributed by atoms with Crippen LogP contribution in [0.15, 0.2) is 23.1 Å². The molecule has 0 unspecified atom stereocenters. The number of piperidine rings is 1. The number of benzene rings is 1. The lowest BCUT2D eigenvalue weighted by Crippen LogP contribution is -2.41. The number of hydrogen-bond acceptors (Lipinski definition) is 3. The van der Waals surface area contributed by atoms with Gasteiger partial charge in [-0.25, -0.2) is 8.42 Å². The molecular weight excluding hydrogens is 344 g/mol. The summed E-state index contributed by atoms with van der Waals surface area (Å²) in [6.45, 7) is 10.2. The number of sulfonamides is 1. The molecule has 2 heterocycles. The minimum Gasteiger partial charge on any atom is -0.300 e. The van der Waals surface area contributed by atoms with Gasteiger partial charge in [0, 0.05) is 19.1 Å². The second-order valence-corrected chi connectivity index (χ2v) is 10.9. The molecule has 3 atom stereocenters. The summed E-state index contributed by atoms with van der Waals surface area (Å²) in [6, 6.07) is 6.34. The number of likely N-dealkylation sites (tertiary alicyclic amines) is 1. The van der Waals surface area contributed by atoms with Crippen LogP contribution in [0.4, 0.5) is 0 Å². The predicted octanol–water partition coefficient (Wildman–Crippen LogP) is 3.43. The minimum absolute atomic E-state index is 0.490. The summed E-state index contributed by atoms with van der Waals surface area (Å²) in [4.78, 5) is 3.17. The van der Waals surface area contributed by atoms with Crippen LogP contribution in [0.1, 0.15) is 43.7 Å². The number of rotatable bonds is 3. The van der Waals surface area contributed by atoms with Gasteiger partial charge < -0.3 is 4.90 Å². The first-order valence-electron chi connectivity index (χ1n) is 10.2. The van der Waals surface area contributed by atoms with Crippen molar-refractivity contribution < 1.29 is 8.42 Å². The van der Waals surface area contributed by atoms with Crippen LogP contribution in [0.2, 0.25) is 0 Å². The second kappa shape index (κ2) is 6.92. The Labute approximate surface area is 158 Å². The highest BCUT2D eigenvalue weighted by molar-refractivity contribution is 7.89. The highest BCUT2D eigenvalue weighted by atomic mass is 32.2. The van der Waals surface area contributed by atoms with E-state index in [4.69, 9.17) is 0 Å². The molecule has 0 radical (unpaired) electrons. The molecule has 3 fully saturated rings. The average Bonchev–Trinajstić information content (AvgIpc) is 3.14. The maximum atomic E-state index is 13.1. The first-order valence-corrected chi connectivity index (χ1v) is 11.6. The predicted molar refractivity (Wildman–Crippen MR) is 105 cm³/mol. The Balaban J connectivity index is 1.43. The number of nitrogens with zero attached hydrogens (tertiary/aromatic N) is 2. The van der Waals surface area contributed by atoms with E-state index in [1.165, 1.54) is 38.8 Å². The number of aryl methyl sites for hydroxylation is 2. The van der Waals surface area contributed by atoms with E-state index in [2.05, 4.69) is 11.8 Å². The van der Waals surface area contributed by atoms with Gasteiger partial charge in [-0.15, -0.1) is 0 Å². The van der Waals surface area contributed by atoms with Crippen molar-refractivity contribution >= 4 is 10.0 Å². The summed E-state index contributed by atoms with van der Waals surface area (Å²) >= 11 is 0. The topological polar surface area (TPSA) is 40.6 Å². The van der Waals surface area contributed by atoms with Crippen molar-refractivity contribution in [1.29, 1.82) is 0 Å². The first kappa shape index (κ1) is 18.5. The Kier molecular flexibility index (Phi) is 4.91. The fraction of sp³-hybridized carbons (Fsp3) is 0.714. The maximum absolute atomic E-state index is 13.1. The lowest BCUT2D eigenvalue weighted by molar-refractivity contribution is 0.133. The molecule has 2 aliphatic heterocycles. The molecule has 4 rings (SSSR count). The SMILES string of the molecule is Cc1ccc(S(=O)(=O)N2C[C@H]3C[C@@H](N4CCC(C)CC4)C[C@H]3C2)c(C)c1. The van der Waals surface area contributed by atoms with Gasteiger partial charge >= 0.3 is 0 Å². The fourth-order valence-electron chi connectivity index (χ4n) is 5.34. The highest BCUT2D eigenvalue weighted by Crippen LogP contribution is 2.42. The molecule has 0 N–H and O–H groups in total. The van der Waals surface area contributed by atoms with Gasteiger partial charge in [0.1, 0.15) is 0 Å². The van der Waals surface area contributed by atoms with E-state index in [1.54, 1.807) is 10.4 Å². The Morgan fingerprint density at radius 3 is 2.19 bits per heavy atom. The Bertz CT molecular complexity index is 754. The largest absolute Gasteiger partial charge is 0.300 e. The zero-order valence-corrected chi connectivity index (χ0v) is 17.1. The molecule has 26 heavy (non-hydrogen) atoms. The standard InChI is InChI=1S/C21H32N2O2S/c1-15-6-8-22(9-7-15)20-11-18-13-23(14-19(18)12-20)26(24,25)21-5-4-16(2)10-17(21)3/h4-5,10,15,18-20H,6-9,11-14H2,1-3H3/t18-,19+,20-. The summed E-state index contributed by atoms with van der Waals surface area (Å²) in [5.41, 5.74) is 1.97. The summed E-state index contributed by atoms with van der Waals surface area (Å²) in [7, 11) is -3.36. The Morgan fingerprint density at radius 1 is 1.00 bits per heavy atom. The van der Waals surface area contributed by atoms with E-state index < -0.39 is 10.0 Å². The second-order valence-electron chi connectivity index (χ2n) is 8.95. The van der Waals surface area contributed by atoms with Gasteiger partial charge in [0.25, 0.3) is 0 Å². The first-order chi connectivity index (χ1) is 12.3. The Hall–Kier alpha value is -0.910. The lowest BCUT2D eigenvalue weighted by Gasteiger charge is -2.35. The molecular formula is C21H32N2O2S. The zero-order valence-electron chi connectivity index (χ0n) is 16.3. The zero-order chi connectivity index (χ0) is 18.5. The van der Waals surface area contributed by atoms with Crippen molar-refractivity contribution in [3.8, 4) is 0 Å². The average molecular weight is 377 g/mol. The van der Waals surface area contributed by atoms with Crippen molar-refractivity contribution in [2.24, 2.45) is 17.8 Å². The van der Waals surface area contributed by atoms with Gasteiger partial charge in [0.2, 0.25) is 10.0 Å². The van der Waals surface area contributed by atoms with Crippen LogP contribution in [-0.4, -0.2) is 49.8 Å². The molecule has 0 spiro atoms. The van der Waals surface area contributed by atoms with Gasteiger partial charge in [-0.1, -0.05) is 24.6 Å². The molecule has 4 nitrogen and oxygen atoms in total. The fourth-order valence-corrected chi connectivity index (χ4v) is 7.10. The van der Waals surface area contributed by atoms with Gasteiger partial charge in [-0.3, -0.25) is 0 Å². The number of fused-ring (bicyclic) bond motifs is 1. The molecule has 0 amide bonds. The molecule has 2 saturated heterocycles. The third kappa shape index (κ3) is 3.34. The molecule has 1 saturated carbocycles. The molecule has 1 aliphatic carbocycles. The van der Waals surface area contributed by atoms with E-state index >= 15 is 0 Å². The van der Waals surface area contributed by atoms with Crippen LogP contribution in [0.3, 0.4) is 0 Å². The van der Waals surface area contributed by atoms with E-state index in [0.717, 1.165) is 17.0 Å². The van der Waals surface area contributed by atoms with Gasteiger partial charge in [0.15, 0.2) is 0 Å². The van der Waals surface area contributed by atoms with E-state index in [-0.39, 0.29) is 0 Å². The van der Waals surface area contributed by atoms with Gasteiger partial charge in [-0.05, 0) is 82.0 Å². The monoisotopic (exact) mass is 376 g/mol. The van der Waals surface area contributed by atoms with Crippen LogP contribution in [-0.2, 0) is 10.0 Å². The molecule has 1 aromatic carbocycles. The van der Waals surface area contributed by atoms with Crippen molar-refractivity contribution in [3.63, 3.8) is 0 Å². The van der Waals surface area contributed by atoms with Crippen LogP contribution in [0.5, 0.6) is 0 Å². The quantitative estimate of drug-likeness (QED) is 0.811. The van der Waals surface area contributed by atoms with Crippen LogP contribution >= 0.6 is 0 Å². The molecule has 0 bridgehead atoms. The van der Waals surface area contributed by atoms with E-state index in [1.807, 2.05) is 26.0 Å². The molecule has 1 aromatic rings. The summed E-state index contributed by atoms with van der Waals surface area (Å²) in [6.07, 6.45) is 4.99. The normalized spacial score (nSPS) is 31.4. The number of hydrogen-bond donors (Lipinski definition) is 0. The van der Waals surface area contributed by atoms with E-state index in [0.29, 0.717) is 35.9 Å². The van der Waals surface area contributed by atoms with Crippen molar-refractivity contribution in [1.82, 2.24) is 9.21 Å². The van der Waals surface area contributed by atoms with Crippen molar-refractivity contribution in [2.45, 2.75) is 57.4 Å². The maximum Gasteiger partial charge on any atom is 0.243 e. The summed E-state index contributed by atoms with van der Waals surface area (Å²) in [5.74, 6) is 1.95. The van der Waals surface area contributed by atoms with Crippen molar-refractivity contribution in [2.75, 3.05) is 26.2 Å². The van der Waals surface area contributed by atoms with Crippen LogP contribution in [0.25, 0.3) is 0 Å². The summed E-state index contributed by atoms with van der Waals surface area (Å²) < 4.78 is 28.0. The van der Waals surface area contributed by atoms with Crippen molar-refractivity contribution in [3.05, 3.63) is 29.3 Å². The molecule has 5 heteroatoms. The van der Waals surface area contributed by atoms with Crippen LogP contribution < -0.4 is 0 Å². The molecule has 144 valence electrons. The Morgan fingerprint density at radius 2 is 1.62 bits per heavy atom. The molecule has 0 aromatic heterocycles. The third-order valence-electron chi connectivity index (χ3n) is 6.98. The van der Waals surface area contributed by atoms with Gasteiger partial charge in [0.05, 0.1) is 4.90 Å². The highest BCUT2D eigenvalue weighted by Gasteiger charge is 2.46. The lowest BCUT2D eigenvalue weighted by atomic mass is 9.97. The molecule has 3 aliphatic rings. The van der Waals surface area contributed by atoms with Gasteiger partial charge in [-0.2, -0.15) is 4.31 Å². The summed E-state index contributed by atoms with van der Waals surface area (Å²) in [5, 5.41) is 0. The van der Waals surface area contributed by atoms with Crippen LogP contribution in [0, 0.1) is 31.6 Å².